The Morgan fingerprint density at radius 3 is 3.00 bits per heavy atom. The van der Waals surface area contributed by atoms with Crippen molar-refractivity contribution in [1.29, 1.82) is 0 Å². The van der Waals surface area contributed by atoms with Gasteiger partial charge in [0.15, 0.2) is 0 Å². The molecule has 0 aliphatic carbocycles. The van der Waals surface area contributed by atoms with E-state index in [1.54, 1.807) is 17.1 Å². The molecule has 0 unspecified atom stereocenters. The fourth-order valence-electron chi connectivity index (χ4n) is 1.72. The molecule has 0 aliphatic heterocycles. The zero-order valence-electron chi connectivity index (χ0n) is 9.50. The van der Waals surface area contributed by atoms with Gasteiger partial charge in [0.1, 0.15) is 6.54 Å². The maximum Gasteiger partial charge on any atom is 0.101 e. The van der Waals surface area contributed by atoms with Crippen molar-refractivity contribution in [3.05, 3.63) is 36.3 Å². The van der Waals surface area contributed by atoms with Gasteiger partial charge in [-0.05, 0) is 30.7 Å². The minimum absolute atomic E-state index is 0.470. The van der Waals surface area contributed by atoms with E-state index in [1.807, 2.05) is 18.3 Å². The Morgan fingerprint density at radius 2 is 2.35 bits per heavy atom. The highest BCUT2D eigenvalue weighted by Gasteiger charge is 2.10. The Hall–Kier alpha value is -2.12. The predicted molar refractivity (Wildman–Crippen MR) is 67.0 cm³/mol. The van der Waals surface area contributed by atoms with E-state index in [1.165, 1.54) is 0 Å². The molecular weight excluding hydrogens is 212 g/mol. The molecule has 86 valence electrons. The van der Waals surface area contributed by atoms with Crippen LogP contribution in [0.2, 0.25) is 0 Å². The fourth-order valence-corrected chi connectivity index (χ4v) is 1.72. The Labute approximate surface area is 100 Å². The minimum atomic E-state index is 0.470. The first-order chi connectivity index (χ1) is 8.35. The van der Waals surface area contributed by atoms with Crippen molar-refractivity contribution >= 4 is 0 Å². The lowest BCUT2D eigenvalue weighted by Crippen LogP contribution is -2.02. The molecule has 0 aliphatic rings. The molecule has 2 rings (SSSR count). The summed E-state index contributed by atoms with van der Waals surface area (Å²) in [6.45, 7) is 1.06. The van der Waals surface area contributed by atoms with E-state index >= 15 is 0 Å². The summed E-state index contributed by atoms with van der Waals surface area (Å²) in [5.41, 5.74) is 8.61. The van der Waals surface area contributed by atoms with E-state index in [2.05, 4.69) is 16.0 Å². The van der Waals surface area contributed by atoms with E-state index in [9.17, 15) is 0 Å². The largest absolute Gasteiger partial charge is 0.330 e. The van der Waals surface area contributed by atoms with Crippen molar-refractivity contribution in [2.24, 2.45) is 5.73 Å². The monoisotopic (exact) mass is 226 g/mol. The molecule has 2 aromatic rings. The summed E-state index contributed by atoms with van der Waals surface area (Å²) in [6.07, 6.45) is 11.6. The van der Waals surface area contributed by atoms with Gasteiger partial charge in [0.25, 0.3) is 0 Å². The molecular formula is C13H14N4. The summed E-state index contributed by atoms with van der Waals surface area (Å²) >= 11 is 0. The second-order valence-electron chi connectivity index (χ2n) is 3.69. The molecule has 17 heavy (non-hydrogen) atoms. The van der Waals surface area contributed by atoms with Crippen molar-refractivity contribution < 1.29 is 0 Å². The van der Waals surface area contributed by atoms with Crippen molar-refractivity contribution in [3.63, 3.8) is 0 Å². The second kappa shape index (κ2) is 5.28. The van der Waals surface area contributed by atoms with E-state index < -0.39 is 0 Å². The number of hydrogen-bond acceptors (Lipinski definition) is 3. The van der Waals surface area contributed by atoms with Gasteiger partial charge in [0, 0.05) is 24.2 Å². The third kappa shape index (κ3) is 2.52. The van der Waals surface area contributed by atoms with Gasteiger partial charge in [-0.2, -0.15) is 5.10 Å². The predicted octanol–water partition coefficient (Wildman–Crippen LogP) is 1.08. The average Bonchev–Trinajstić information content (AvgIpc) is 2.74. The lowest BCUT2D eigenvalue weighted by Gasteiger charge is -1.99. The van der Waals surface area contributed by atoms with Crippen LogP contribution in [0.3, 0.4) is 0 Å². The smallest absolute Gasteiger partial charge is 0.101 e. The van der Waals surface area contributed by atoms with Crippen LogP contribution in [0.1, 0.15) is 5.56 Å². The van der Waals surface area contributed by atoms with Crippen LogP contribution in [0, 0.1) is 12.3 Å². The molecule has 2 aromatic heterocycles. The first-order valence-corrected chi connectivity index (χ1v) is 5.45. The lowest BCUT2D eigenvalue weighted by molar-refractivity contribution is 0.717. The van der Waals surface area contributed by atoms with E-state index in [-0.39, 0.29) is 0 Å². The van der Waals surface area contributed by atoms with Crippen LogP contribution in [0.4, 0.5) is 0 Å². The van der Waals surface area contributed by atoms with Gasteiger partial charge >= 0.3 is 0 Å². The van der Waals surface area contributed by atoms with Crippen LogP contribution in [0.25, 0.3) is 11.3 Å². The summed E-state index contributed by atoms with van der Waals surface area (Å²) < 4.78 is 1.76. The number of aromatic nitrogens is 3. The molecule has 0 saturated carbocycles. The Morgan fingerprint density at radius 1 is 1.47 bits per heavy atom. The van der Waals surface area contributed by atoms with Crippen molar-refractivity contribution in [2.45, 2.75) is 13.0 Å². The molecule has 0 amide bonds. The van der Waals surface area contributed by atoms with E-state index in [0.29, 0.717) is 13.1 Å². The summed E-state index contributed by atoms with van der Waals surface area (Å²) in [4.78, 5) is 4.10. The molecule has 0 atom stereocenters. The molecule has 4 nitrogen and oxygen atoms in total. The van der Waals surface area contributed by atoms with E-state index in [0.717, 1.165) is 23.2 Å². The number of nitrogens with two attached hydrogens (primary N) is 1. The third-order valence-corrected chi connectivity index (χ3v) is 2.44. The maximum atomic E-state index is 5.60. The normalized spacial score (nSPS) is 10.1. The SMILES string of the molecule is C#CCn1cc(CCN)c(-c2cccnc2)n1. The van der Waals surface area contributed by atoms with E-state index in [4.69, 9.17) is 12.2 Å². The summed E-state index contributed by atoms with van der Waals surface area (Å²) in [5.74, 6) is 2.57. The minimum Gasteiger partial charge on any atom is -0.330 e. The Balaban J connectivity index is 2.41. The summed E-state index contributed by atoms with van der Waals surface area (Å²) in [5, 5.41) is 4.47. The molecule has 2 N–H and O–H groups in total. The molecule has 0 spiro atoms. The number of hydrogen-bond donors (Lipinski definition) is 1. The number of rotatable bonds is 4. The molecule has 0 saturated heterocycles. The van der Waals surface area contributed by atoms with Crippen LogP contribution in [-0.2, 0) is 13.0 Å². The van der Waals surface area contributed by atoms with Gasteiger partial charge in [-0.1, -0.05) is 5.92 Å². The molecule has 0 fully saturated rings. The van der Waals surface area contributed by atoms with Crippen LogP contribution in [0.15, 0.2) is 30.7 Å². The summed E-state index contributed by atoms with van der Waals surface area (Å²) in [6, 6.07) is 3.87. The van der Waals surface area contributed by atoms with Crippen LogP contribution in [-0.4, -0.2) is 21.3 Å². The Kier molecular flexibility index (Phi) is 3.53. The molecule has 0 radical (unpaired) electrons. The van der Waals surface area contributed by atoms with Crippen LogP contribution < -0.4 is 5.73 Å². The molecule has 0 aromatic carbocycles. The highest BCUT2D eigenvalue weighted by molar-refractivity contribution is 5.61. The second-order valence-corrected chi connectivity index (χ2v) is 3.69. The topological polar surface area (TPSA) is 56.7 Å². The maximum absolute atomic E-state index is 5.60. The average molecular weight is 226 g/mol. The van der Waals surface area contributed by atoms with Crippen molar-refractivity contribution in [2.75, 3.05) is 6.54 Å². The van der Waals surface area contributed by atoms with Gasteiger partial charge in [-0.25, -0.2) is 0 Å². The van der Waals surface area contributed by atoms with Gasteiger partial charge in [0.05, 0.1) is 5.69 Å². The summed E-state index contributed by atoms with van der Waals surface area (Å²) in [7, 11) is 0. The van der Waals surface area contributed by atoms with Gasteiger partial charge in [-0.15, -0.1) is 6.42 Å². The molecule has 2 heterocycles. The fraction of sp³-hybridized carbons (Fsp3) is 0.231. The number of nitrogens with zero attached hydrogens (tertiary/aromatic N) is 3. The quantitative estimate of drug-likeness (QED) is 0.794. The molecule has 0 bridgehead atoms. The van der Waals surface area contributed by atoms with Gasteiger partial charge in [0.2, 0.25) is 0 Å². The highest BCUT2D eigenvalue weighted by Crippen LogP contribution is 2.21. The Bertz CT molecular complexity index is 522. The lowest BCUT2D eigenvalue weighted by atomic mass is 10.1. The van der Waals surface area contributed by atoms with Crippen molar-refractivity contribution in [1.82, 2.24) is 14.8 Å². The van der Waals surface area contributed by atoms with Crippen LogP contribution in [0.5, 0.6) is 0 Å². The first kappa shape index (κ1) is 11.4. The molecule has 4 heteroatoms. The highest BCUT2D eigenvalue weighted by atomic mass is 15.3. The zero-order chi connectivity index (χ0) is 12.1. The zero-order valence-corrected chi connectivity index (χ0v) is 9.50. The number of pyridine rings is 1. The van der Waals surface area contributed by atoms with Gasteiger partial charge < -0.3 is 5.73 Å². The van der Waals surface area contributed by atoms with Crippen LogP contribution >= 0.6 is 0 Å². The standard InChI is InChI=1S/C13H14N4/c1-2-8-17-10-12(5-6-14)13(16-17)11-4-3-7-15-9-11/h1,3-4,7,9-10H,5-6,8,14H2. The van der Waals surface area contributed by atoms with Crippen molar-refractivity contribution in [3.8, 4) is 23.6 Å². The first-order valence-electron chi connectivity index (χ1n) is 5.45. The number of terminal acetylenes is 1. The third-order valence-electron chi connectivity index (χ3n) is 2.44. The van der Waals surface area contributed by atoms with Gasteiger partial charge in [-0.3, -0.25) is 9.67 Å².